The lowest BCUT2D eigenvalue weighted by molar-refractivity contribution is 0.0634. The average Bonchev–Trinajstić information content (AvgIpc) is 3.32. The molecule has 0 saturated carbocycles. The Morgan fingerprint density at radius 1 is 1.31 bits per heavy atom. The molecule has 35 heavy (non-hydrogen) atoms. The molecule has 2 amide bonds. The topological polar surface area (TPSA) is 135 Å². The van der Waals surface area contributed by atoms with Gasteiger partial charge < -0.3 is 14.0 Å². The first kappa shape index (κ1) is 25.0. The van der Waals surface area contributed by atoms with E-state index < -0.39 is 39.4 Å². The number of hydrogen-bond acceptors (Lipinski definition) is 8. The van der Waals surface area contributed by atoms with E-state index in [-0.39, 0.29) is 36.2 Å². The number of benzene rings is 1. The molecule has 2 saturated heterocycles. The molecule has 2 aliphatic heterocycles. The molecule has 1 aromatic carbocycles. The van der Waals surface area contributed by atoms with Gasteiger partial charge in [0.1, 0.15) is 23.3 Å². The Morgan fingerprint density at radius 2 is 2.03 bits per heavy atom. The summed E-state index contributed by atoms with van der Waals surface area (Å²) in [6.45, 7) is 5.42. The largest absolute Gasteiger partial charge is 0.444 e. The smallest absolute Gasteiger partial charge is 0.414 e. The fraction of sp³-hybridized carbons (Fsp3) is 0.522. The number of anilines is 2. The van der Waals surface area contributed by atoms with Gasteiger partial charge in [0.2, 0.25) is 0 Å². The number of nitrogens with one attached hydrogen (secondary N) is 2. The minimum atomic E-state index is -2.54. The third kappa shape index (κ3) is 6.30. The van der Waals surface area contributed by atoms with E-state index in [1.54, 1.807) is 32.9 Å². The van der Waals surface area contributed by atoms with Crippen LogP contribution in [0.2, 0.25) is 0 Å². The number of carbonyl (C=O) groups excluding carboxylic acids is 2. The number of halogens is 1. The third-order valence-electron chi connectivity index (χ3n) is 5.82. The Kier molecular flexibility index (Phi) is 6.76. The summed E-state index contributed by atoms with van der Waals surface area (Å²) in [5.74, 6) is 0.607. The van der Waals surface area contributed by atoms with E-state index in [1.807, 2.05) is 0 Å². The number of rotatable bonds is 5. The van der Waals surface area contributed by atoms with E-state index in [2.05, 4.69) is 10.5 Å². The van der Waals surface area contributed by atoms with E-state index in [9.17, 15) is 18.2 Å². The van der Waals surface area contributed by atoms with Crippen molar-refractivity contribution in [2.24, 2.45) is 0 Å². The van der Waals surface area contributed by atoms with Gasteiger partial charge in [0.15, 0.2) is 5.82 Å². The zero-order chi connectivity index (χ0) is 25.4. The van der Waals surface area contributed by atoms with Crippen LogP contribution in [0.15, 0.2) is 28.8 Å². The normalized spacial score (nSPS) is 24.8. The van der Waals surface area contributed by atoms with Gasteiger partial charge in [0, 0.05) is 33.7 Å². The van der Waals surface area contributed by atoms with Crippen molar-refractivity contribution in [3.8, 4) is 0 Å². The highest BCUT2D eigenvalue weighted by atomic mass is 32.2. The summed E-state index contributed by atoms with van der Waals surface area (Å²) in [7, 11) is -2.54. The molecule has 1 atom stereocenters. The first-order valence-corrected chi connectivity index (χ1v) is 13.3. The Balaban J connectivity index is 1.36. The second kappa shape index (κ2) is 9.48. The van der Waals surface area contributed by atoms with E-state index in [1.165, 1.54) is 17.0 Å². The molecular formula is C23H29FN4O6S. The molecule has 0 unspecified atom stereocenters. The van der Waals surface area contributed by atoms with Crippen molar-refractivity contribution < 1.29 is 32.2 Å². The van der Waals surface area contributed by atoms with E-state index in [0.717, 1.165) is 0 Å². The summed E-state index contributed by atoms with van der Waals surface area (Å²) in [4.78, 5) is 25.7. The van der Waals surface area contributed by atoms with Crippen molar-refractivity contribution in [2.45, 2.75) is 57.7 Å². The SMILES string of the molecule is CC(C)(C)OC(=O)Nc1cc(C[C@@H]2CN(c3ccc(C4CCS(=N)(=O)CC4)c(F)c3)C(=O)O2)on1. The van der Waals surface area contributed by atoms with Gasteiger partial charge in [-0.15, -0.1) is 0 Å². The van der Waals surface area contributed by atoms with E-state index >= 15 is 0 Å². The van der Waals surface area contributed by atoms with Crippen molar-refractivity contribution in [3.05, 3.63) is 41.4 Å². The van der Waals surface area contributed by atoms with Gasteiger partial charge in [-0.25, -0.2) is 18.2 Å². The minimum Gasteiger partial charge on any atom is -0.444 e. The number of carbonyl (C=O) groups is 2. The lowest BCUT2D eigenvalue weighted by Crippen LogP contribution is -2.27. The summed E-state index contributed by atoms with van der Waals surface area (Å²) < 4.78 is 50.3. The van der Waals surface area contributed by atoms with E-state index in [4.69, 9.17) is 18.8 Å². The fourth-order valence-electron chi connectivity index (χ4n) is 4.18. The maximum Gasteiger partial charge on any atom is 0.414 e. The summed E-state index contributed by atoms with van der Waals surface area (Å²) in [6, 6.07) is 6.15. The van der Waals surface area contributed by atoms with Crippen LogP contribution in [0.25, 0.3) is 0 Å². The van der Waals surface area contributed by atoms with Gasteiger partial charge in [-0.2, -0.15) is 0 Å². The molecule has 190 valence electrons. The minimum absolute atomic E-state index is 0.0859. The molecule has 2 aliphatic rings. The molecule has 0 spiro atoms. The lowest BCUT2D eigenvalue weighted by atomic mass is 9.93. The Labute approximate surface area is 203 Å². The third-order valence-corrected chi connectivity index (χ3v) is 7.61. The molecule has 0 radical (unpaired) electrons. The van der Waals surface area contributed by atoms with Crippen molar-refractivity contribution >= 4 is 33.4 Å². The van der Waals surface area contributed by atoms with Crippen LogP contribution in [0.5, 0.6) is 0 Å². The Bertz CT molecular complexity index is 1210. The monoisotopic (exact) mass is 508 g/mol. The molecule has 4 rings (SSSR count). The molecule has 2 aromatic rings. The lowest BCUT2D eigenvalue weighted by Gasteiger charge is -2.25. The zero-order valence-corrected chi connectivity index (χ0v) is 20.7. The highest BCUT2D eigenvalue weighted by Crippen LogP contribution is 2.33. The van der Waals surface area contributed by atoms with Crippen LogP contribution in [0, 0.1) is 10.6 Å². The van der Waals surface area contributed by atoms with Crippen LogP contribution in [-0.2, 0) is 25.6 Å². The van der Waals surface area contributed by atoms with Gasteiger partial charge in [0.05, 0.1) is 12.2 Å². The van der Waals surface area contributed by atoms with Crippen molar-refractivity contribution in [2.75, 3.05) is 28.3 Å². The number of amides is 2. The molecule has 10 nitrogen and oxygen atoms in total. The van der Waals surface area contributed by atoms with Crippen LogP contribution >= 0.6 is 0 Å². The standard InChI is InChI=1S/C23H29FN4O6S/c1-23(2,3)33-21(29)26-20-12-16(34-27-20)11-17-13-28(22(30)32-17)15-4-5-18(19(24)10-15)14-6-8-35(25,31)9-7-14/h4-5,10,12,14,17,25H,6-9,11,13H2,1-3H3,(H,26,27,29)/t14?,17-,35?/m1/s1. The summed E-state index contributed by atoms with van der Waals surface area (Å²) in [5.41, 5.74) is 0.237. The van der Waals surface area contributed by atoms with Gasteiger partial charge in [-0.3, -0.25) is 15.0 Å². The molecule has 12 heteroatoms. The summed E-state index contributed by atoms with van der Waals surface area (Å²) in [5, 5.41) is 6.26. The second-order valence-corrected chi connectivity index (χ2v) is 12.3. The molecular weight excluding hydrogens is 479 g/mol. The number of nitrogens with zero attached hydrogens (tertiary/aromatic N) is 2. The first-order valence-electron chi connectivity index (χ1n) is 11.4. The maximum atomic E-state index is 14.9. The Morgan fingerprint density at radius 3 is 2.69 bits per heavy atom. The zero-order valence-electron chi connectivity index (χ0n) is 19.8. The predicted octanol–water partition coefficient (Wildman–Crippen LogP) is 4.65. The van der Waals surface area contributed by atoms with Gasteiger partial charge in [-0.1, -0.05) is 11.2 Å². The first-order chi connectivity index (χ1) is 16.4. The fourth-order valence-corrected chi connectivity index (χ4v) is 5.71. The maximum absolute atomic E-state index is 14.9. The number of cyclic esters (lactones) is 1. The quantitative estimate of drug-likeness (QED) is 0.600. The molecule has 3 heterocycles. The predicted molar refractivity (Wildman–Crippen MR) is 127 cm³/mol. The van der Waals surface area contributed by atoms with Gasteiger partial charge >= 0.3 is 12.2 Å². The van der Waals surface area contributed by atoms with Gasteiger partial charge in [-0.05, 0) is 57.2 Å². The summed E-state index contributed by atoms with van der Waals surface area (Å²) >= 11 is 0. The highest BCUT2D eigenvalue weighted by Gasteiger charge is 2.34. The number of hydrogen-bond donors (Lipinski definition) is 2. The van der Waals surface area contributed by atoms with Crippen molar-refractivity contribution in [1.29, 1.82) is 4.78 Å². The average molecular weight is 509 g/mol. The van der Waals surface area contributed by atoms with Crippen molar-refractivity contribution in [3.63, 3.8) is 0 Å². The second-order valence-electron chi connectivity index (χ2n) is 9.83. The van der Waals surface area contributed by atoms with Crippen LogP contribution in [0.1, 0.15) is 50.9 Å². The van der Waals surface area contributed by atoms with E-state index in [0.29, 0.717) is 29.9 Å². The summed E-state index contributed by atoms with van der Waals surface area (Å²) in [6.07, 6.45) is -0.567. The highest BCUT2D eigenvalue weighted by molar-refractivity contribution is 7.92. The van der Waals surface area contributed by atoms with Crippen LogP contribution < -0.4 is 10.2 Å². The number of ether oxygens (including phenoxy) is 2. The van der Waals surface area contributed by atoms with Gasteiger partial charge in [0.25, 0.3) is 0 Å². The van der Waals surface area contributed by atoms with Crippen molar-refractivity contribution in [1.82, 2.24) is 5.16 Å². The van der Waals surface area contributed by atoms with Crippen LogP contribution in [-0.4, -0.2) is 51.3 Å². The number of aromatic nitrogens is 1. The molecule has 0 bridgehead atoms. The van der Waals surface area contributed by atoms with Crippen LogP contribution in [0.4, 0.5) is 25.5 Å². The molecule has 2 N–H and O–H groups in total. The Hall–Kier alpha value is -3.15. The molecule has 2 fully saturated rings. The molecule has 0 aliphatic carbocycles. The molecule has 1 aromatic heterocycles. The van der Waals surface area contributed by atoms with Crippen LogP contribution in [0.3, 0.4) is 0 Å².